The number of hydrogen-bond acceptors (Lipinski definition) is 3. The van der Waals surface area contributed by atoms with Crippen molar-refractivity contribution >= 4 is 11.3 Å². The highest BCUT2D eigenvalue weighted by Crippen LogP contribution is 2.29. The van der Waals surface area contributed by atoms with Crippen LogP contribution in [0.3, 0.4) is 0 Å². The summed E-state index contributed by atoms with van der Waals surface area (Å²) >= 11 is 1.75. The summed E-state index contributed by atoms with van der Waals surface area (Å²) in [5.41, 5.74) is 6.86. The van der Waals surface area contributed by atoms with Gasteiger partial charge in [0.25, 0.3) is 0 Å². The van der Waals surface area contributed by atoms with E-state index in [4.69, 9.17) is 5.84 Å². The third-order valence-corrected chi connectivity index (χ3v) is 4.34. The van der Waals surface area contributed by atoms with E-state index in [1.165, 1.54) is 21.6 Å². The van der Waals surface area contributed by atoms with Gasteiger partial charge in [0, 0.05) is 4.88 Å². The molecule has 2 rings (SSSR count). The molecule has 19 heavy (non-hydrogen) atoms. The minimum atomic E-state index is 0.0899. The van der Waals surface area contributed by atoms with Crippen molar-refractivity contribution in [1.29, 1.82) is 0 Å². The van der Waals surface area contributed by atoms with E-state index in [2.05, 4.69) is 61.9 Å². The SMILES string of the molecule is Cc1ccsc1C(NN)c1cccc(CC(C)C)c1. The summed E-state index contributed by atoms with van der Waals surface area (Å²) in [6.07, 6.45) is 1.11. The molecule has 0 aliphatic heterocycles. The van der Waals surface area contributed by atoms with Crippen LogP contribution in [-0.2, 0) is 6.42 Å². The Labute approximate surface area is 119 Å². The number of benzene rings is 1. The van der Waals surface area contributed by atoms with Crippen molar-refractivity contribution in [2.75, 3.05) is 0 Å². The fraction of sp³-hybridized carbons (Fsp3) is 0.375. The van der Waals surface area contributed by atoms with Gasteiger partial charge in [0.2, 0.25) is 0 Å². The van der Waals surface area contributed by atoms with Crippen molar-refractivity contribution < 1.29 is 0 Å². The zero-order chi connectivity index (χ0) is 13.8. The zero-order valence-corrected chi connectivity index (χ0v) is 12.6. The maximum absolute atomic E-state index is 5.77. The molecule has 3 heteroatoms. The summed E-state index contributed by atoms with van der Waals surface area (Å²) in [5.74, 6) is 6.44. The fourth-order valence-corrected chi connectivity index (χ4v) is 3.39. The first kappa shape index (κ1) is 14.3. The lowest BCUT2D eigenvalue weighted by Gasteiger charge is -2.17. The largest absolute Gasteiger partial charge is 0.271 e. The summed E-state index contributed by atoms with van der Waals surface area (Å²) in [5, 5.41) is 2.12. The van der Waals surface area contributed by atoms with Gasteiger partial charge in [-0.3, -0.25) is 5.84 Å². The van der Waals surface area contributed by atoms with Crippen LogP contribution in [0.15, 0.2) is 35.7 Å². The number of hydrazine groups is 1. The first-order chi connectivity index (χ1) is 9.11. The normalized spacial score (nSPS) is 12.9. The second-order valence-electron chi connectivity index (χ2n) is 5.41. The van der Waals surface area contributed by atoms with Gasteiger partial charge in [-0.1, -0.05) is 38.1 Å². The van der Waals surface area contributed by atoms with Crippen molar-refractivity contribution in [2.24, 2.45) is 11.8 Å². The quantitative estimate of drug-likeness (QED) is 0.643. The Bertz CT molecular complexity index is 531. The van der Waals surface area contributed by atoms with E-state index in [1.807, 2.05) is 0 Å². The average molecular weight is 274 g/mol. The first-order valence-corrected chi connectivity index (χ1v) is 7.58. The lowest BCUT2D eigenvalue weighted by Crippen LogP contribution is -2.28. The van der Waals surface area contributed by atoms with E-state index in [-0.39, 0.29) is 6.04 Å². The van der Waals surface area contributed by atoms with Crippen LogP contribution in [0.25, 0.3) is 0 Å². The second-order valence-corrected chi connectivity index (χ2v) is 6.36. The van der Waals surface area contributed by atoms with Crippen molar-refractivity contribution in [3.63, 3.8) is 0 Å². The number of rotatable bonds is 5. The van der Waals surface area contributed by atoms with E-state index in [0.717, 1.165) is 6.42 Å². The molecule has 1 unspecified atom stereocenters. The minimum Gasteiger partial charge on any atom is -0.271 e. The van der Waals surface area contributed by atoms with Gasteiger partial charge in [-0.2, -0.15) is 0 Å². The number of aryl methyl sites for hydroxylation is 1. The van der Waals surface area contributed by atoms with Crippen LogP contribution in [0.4, 0.5) is 0 Å². The van der Waals surface area contributed by atoms with Crippen molar-refractivity contribution in [3.8, 4) is 0 Å². The van der Waals surface area contributed by atoms with Crippen LogP contribution in [0.1, 0.15) is 41.5 Å². The van der Waals surface area contributed by atoms with Crippen LogP contribution in [0, 0.1) is 12.8 Å². The molecule has 1 aromatic heterocycles. The highest BCUT2D eigenvalue weighted by molar-refractivity contribution is 7.10. The molecule has 0 amide bonds. The molecule has 0 fully saturated rings. The topological polar surface area (TPSA) is 38.0 Å². The van der Waals surface area contributed by atoms with Crippen molar-refractivity contribution in [1.82, 2.24) is 5.43 Å². The number of nitrogens with one attached hydrogen (secondary N) is 1. The molecular formula is C16H22N2S. The molecule has 0 spiro atoms. The monoisotopic (exact) mass is 274 g/mol. The van der Waals surface area contributed by atoms with Gasteiger partial charge in [-0.25, -0.2) is 5.43 Å². The number of hydrogen-bond donors (Lipinski definition) is 2. The summed E-state index contributed by atoms with van der Waals surface area (Å²) in [4.78, 5) is 1.30. The van der Waals surface area contributed by atoms with Crippen molar-refractivity contribution in [3.05, 3.63) is 57.3 Å². The van der Waals surface area contributed by atoms with Crippen LogP contribution in [-0.4, -0.2) is 0 Å². The molecular weight excluding hydrogens is 252 g/mol. The molecule has 0 aliphatic carbocycles. The summed E-state index contributed by atoms with van der Waals surface area (Å²) in [6, 6.07) is 11.0. The molecule has 0 radical (unpaired) electrons. The van der Waals surface area contributed by atoms with Gasteiger partial charge in [-0.05, 0) is 47.4 Å². The molecule has 0 saturated carbocycles. The molecule has 0 bridgehead atoms. The average Bonchev–Trinajstić information content (AvgIpc) is 2.77. The highest BCUT2D eigenvalue weighted by atomic mass is 32.1. The molecule has 1 heterocycles. The van der Waals surface area contributed by atoms with Crippen LogP contribution >= 0.6 is 11.3 Å². The van der Waals surface area contributed by atoms with E-state index >= 15 is 0 Å². The Hall–Kier alpha value is -1.16. The predicted octanol–water partition coefficient (Wildman–Crippen LogP) is 3.81. The van der Waals surface area contributed by atoms with E-state index < -0.39 is 0 Å². The lowest BCUT2D eigenvalue weighted by atomic mass is 9.97. The standard InChI is InChI=1S/C16H22N2S/c1-11(2)9-13-5-4-6-14(10-13)15(18-17)16-12(3)7-8-19-16/h4-8,10-11,15,18H,9,17H2,1-3H3. The van der Waals surface area contributed by atoms with E-state index in [9.17, 15) is 0 Å². The van der Waals surface area contributed by atoms with E-state index in [0.29, 0.717) is 5.92 Å². The van der Waals surface area contributed by atoms with Gasteiger partial charge in [-0.15, -0.1) is 11.3 Å². The number of thiophene rings is 1. The maximum Gasteiger partial charge on any atom is 0.0805 e. The summed E-state index contributed by atoms with van der Waals surface area (Å²) in [6.45, 7) is 6.62. The maximum atomic E-state index is 5.77. The lowest BCUT2D eigenvalue weighted by molar-refractivity contribution is 0.632. The minimum absolute atomic E-state index is 0.0899. The summed E-state index contributed by atoms with van der Waals surface area (Å²) < 4.78 is 0. The molecule has 0 saturated heterocycles. The first-order valence-electron chi connectivity index (χ1n) is 6.70. The Morgan fingerprint density at radius 2 is 2.05 bits per heavy atom. The predicted molar refractivity (Wildman–Crippen MR) is 83.2 cm³/mol. The molecule has 3 N–H and O–H groups in total. The van der Waals surface area contributed by atoms with Gasteiger partial charge in [0.05, 0.1) is 6.04 Å². The van der Waals surface area contributed by atoms with Gasteiger partial charge in [0.1, 0.15) is 0 Å². The molecule has 0 aliphatic rings. The Balaban J connectivity index is 2.31. The molecule has 1 atom stereocenters. The van der Waals surface area contributed by atoms with Gasteiger partial charge in [0.15, 0.2) is 0 Å². The highest BCUT2D eigenvalue weighted by Gasteiger charge is 2.16. The Morgan fingerprint density at radius 3 is 2.63 bits per heavy atom. The Kier molecular flexibility index (Phi) is 4.75. The summed E-state index contributed by atoms with van der Waals surface area (Å²) in [7, 11) is 0. The van der Waals surface area contributed by atoms with Crippen LogP contribution in [0.5, 0.6) is 0 Å². The fourth-order valence-electron chi connectivity index (χ4n) is 2.37. The smallest absolute Gasteiger partial charge is 0.0805 e. The second kappa shape index (κ2) is 6.33. The van der Waals surface area contributed by atoms with Gasteiger partial charge < -0.3 is 0 Å². The Morgan fingerprint density at radius 1 is 1.26 bits per heavy atom. The zero-order valence-electron chi connectivity index (χ0n) is 11.8. The van der Waals surface area contributed by atoms with Crippen LogP contribution < -0.4 is 11.3 Å². The van der Waals surface area contributed by atoms with Crippen LogP contribution in [0.2, 0.25) is 0 Å². The molecule has 2 nitrogen and oxygen atoms in total. The molecule has 1 aromatic carbocycles. The molecule has 2 aromatic rings. The van der Waals surface area contributed by atoms with E-state index in [1.54, 1.807) is 11.3 Å². The third kappa shape index (κ3) is 3.44. The van der Waals surface area contributed by atoms with Crippen molar-refractivity contribution in [2.45, 2.75) is 33.2 Å². The number of nitrogens with two attached hydrogens (primary N) is 1. The van der Waals surface area contributed by atoms with Gasteiger partial charge >= 0.3 is 0 Å². The third-order valence-electron chi connectivity index (χ3n) is 3.26. The molecule has 102 valence electrons.